The molecule has 0 saturated heterocycles. The van der Waals surface area contributed by atoms with Crippen molar-refractivity contribution in [3.63, 3.8) is 0 Å². The molecule has 32 heavy (non-hydrogen) atoms. The topological polar surface area (TPSA) is 93.4 Å². The van der Waals surface area contributed by atoms with Crippen LogP contribution in [0.4, 0.5) is 0 Å². The second-order valence-corrected chi connectivity index (χ2v) is 9.78. The van der Waals surface area contributed by atoms with E-state index in [1.165, 1.54) is 18.4 Å². The highest BCUT2D eigenvalue weighted by Crippen LogP contribution is 2.22. The molecule has 0 bridgehead atoms. The van der Waals surface area contributed by atoms with Gasteiger partial charge in [0.1, 0.15) is 0 Å². The Kier molecular flexibility index (Phi) is 4.91. The Morgan fingerprint density at radius 1 is 0.938 bits per heavy atom. The average molecular weight is 445 g/mol. The van der Waals surface area contributed by atoms with Crippen LogP contribution in [0.1, 0.15) is 11.4 Å². The number of sulfonamides is 1. The van der Waals surface area contributed by atoms with Crippen molar-refractivity contribution < 1.29 is 8.42 Å². The van der Waals surface area contributed by atoms with Crippen molar-refractivity contribution >= 4 is 26.6 Å². The summed E-state index contributed by atoms with van der Waals surface area (Å²) in [6.07, 6.45) is 2.35. The second kappa shape index (κ2) is 7.77. The molecule has 0 saturated carbocycles. The molecular weight excluding hydrogens is 424 g/mol. The maximum absolute atomic E-state index is 12.3. The van der Waals surface area contributed by atoms with Crippen LogP contribution >= 0.6 is 0 Å². The van der Waals surface area contributed by atoms with Crippen molar-refractivity contribution in [3.05, 3.63) is 84.3 Å². The molecular formula is C23H20N6O2S. The third-order valence-corrected chi connectivity index (χ3v) is 7.12. The lowest BCUT2D eigenvalue weighted by Crippen LogP contribution is -2.22. The summed E-state index contributed by atoms with van der Waals surface area (Å²) >= 11 is 0. The number of benzene rings is 2. The van der Waals surface area contributed by atoms with Gasteiger partial charge in [0, 0.05) is 37.7 Å². The summed E-state index contributed by atoms with van der Waals surface area (Å²) in [6, 6.07) is 20.5. The number of nitrogens with zero attached hydrogens (tertiary/aromatic N) is 6. The van der Waals surface area contributed by atoms with Gasteiger partial charge in [-0.25, -0.2) is 12.7 Å². The first-order valence-electron chi connectivity index (χ1n) is 10.00. The maximum Gasteiger partial charge on any atom is 0.242 e. The summed E-state index contributed by atoms with van der Waals surface area (Å²) in [5.74, 6) is 0.719. The largest absolute Gasteiger partial charge is 0.256 e. The van der Waals surface area contributed by atoms with Gasteiger partial charge in [-0.1, -0.05) is 24.3 Å². The minimum atomic E-state index is -3.48. The molecule has 8 nitrogen and oxygen atoms in total. The molecule has 0 amide bonds. The summed E-state index contributed by atoms with van der Waals surface area (Å²) < 4.78 is 27.5. The van der Waals surface area contributed by atoms with Crippen molar-refractivity contribution in [1.29, 1.82) is 0 Å². The summed E-state index contributed by atoms with van der Waals surface area (Å²) in [4.78, 5) is 4.60. The molecule has 0 unspecified atom stereocenters. The normalized spacial score (nSPS) is 12.1. The Hall–Kier alpha value is -3.69. The van der Waals surface area contributed by atoms with Gasteiger partial charge in [-0.2, -0.15) is 9.61 Å². The molecule has 0 atom stereocenters. The van der Waals surface area contributed by atoms with Crippen LogP contribution in [0.3, 0.4) is 0 Å². The molecule has 0 aliphatic carbocycles. The van der Waals surface area contributed by atoms with Crippen molar-refractivity contribution in [3.8, 4) is 11.3 Å². The average Bonchev–Trinajstić information content (AvgIpc) is 3.21. The van der Waals surface area contributed by atoms with E-state index in [2.05, 4.69) is 21.2 Å². The molecule has 0 spiro atoms. The molecule has 0 aliphatic rings. The van der Waals surface area contributed by atoms with E-state index < -0.39 is 10.0 Å². The maximum atomic E-state index is 12.3. The monoisotopic (exact) mass is 444 g/mol. The molecule has 0 fully saturated rings. The quantitative estimate of drug-likeness (QED) is 0.413. The van der Waals surface area contributed by atoms with Crippen LogP contribution < -0.4 is 0 Å². The van der Waals surface area contributed by atoms with Gasteiger partial charge in [-0.15, -0.1) is 10.2 Å². The molecule has 0 radical (unpaired) electrons. The van der Waals surface area contributed by atoms with E-state index in [0.717, 1.165) is 27.9 Å². The van der Waals surface area contributed by atoms with Gasteiger partial charge in [-0.05, 0) is 48.0 Å². The van der Waals surface area contributed by atoms with E-state index in [1.54, 1.807) is 35.0 Å². The minimum Gasteiger partial charge on any atom is -0.256 e. The standard InChI is InChI=1S/C23H20N6O2S/c1-28(2)32(30,31)19-8-6-17(7-9-19)21-11-12-22-25-26-23(29(22)27-21)15-16-5-10-20-18(14-16)4-3-13-24-20/h3-14H,15H2,1-2H3. The third-order valence-electron chi connectivity index (χ3n) is 5.29. The number of rotatable bonds is 5. The van der Waals surface area contributed by atoms with Gasteiger partial charge in [-0.3, -0.25) is 4.98 Å². The second-order valence-electron chi connectivity index (χ2n) is 7.62. The Labute approximate surface area is 185 Å². The predicted molar refractivity (Wildman–Crippen MR) is 122 cm³/mol. The third kappa shape index (κ3) is 3.61. The smallest absolute Gasteiger partial charge is 0.242 e. The van der Waals surface area contributed by atoms with Gasteiger partial charge in [0.2, 0.25) is 10.0 Å². The zero-order valence-electron chi connectivity index (χ0n) is 17.5. The first-order chi connectivity index (χ1) is 15.4. The van der Waals surface area contributed by atoms with Crippen LogP contribution in [-0.2, 0) is 16.4 Å². The number of hydrogen-bond acceptors (Lipinski definition) is 6. The van der Waals surface area contributed by atoms with E-state index in [4.69, 9.17) is 5.10 Å². The highest BCUT2D eigenvalue weighted by Gasteiger charge is 2.17. The fraction of sp³-hybridized carbons (Fsp3) is 0.130. The zero-order valence-corrected chi connectivity index (χ0v) is 18.4. The van der Waals surface area contributed by atoms with Crippen molar-refractivity contribution in [2.45, 2.75) is 11.3 Å². The molecule has 9 heteroatoms. The number of fused-ring (bicyclic) bond motifs is 2. The molecule has 5 aromatic rings. The molecule has 3 aromatic heterocycles. The van der Waals surface area contributed by atoms with Crippen molar-refractivity contribution in [2.75, 3.05) is 14.1 Å². The van der Waals surface area contributed by atoms with Gasteiger partial charge >= 0.3 is 0 Å². The first kappa shape index (κ1) is 20.2. The van der Waals surface area contributed by atoms with E-state index in [0.29, 0.717) is 17.8 Å². The number of hydrogen-bond donors (Lipinski definition) is 0. The van der Waals surface area contributed by atoms with Crippen LogP contribution in [0.5, 0.6) is 0 Å². The summed E-state index contributed by atoms with van der Waals surface area (Å²) in [6.45, 7) is 0. The molecule has 0 aliphatic heterocycles. The van der Waals surface area contributed by atoms with Crippen LogP contribution in [-0.4, -0.2) is 51.6 Å². The summed E-state index contributed by atoms with van der Waals surface area (Å²) in [5.41, 5.74) is 4.20. The van der Waals surface area contributed by atoms with E-state index >= 15 is 0 Å². The van der Waals surface area contributed by atoms with Crippen LogP contribution in [0, 0.1) is 0 Å². The Morgan fingerprint density at radius 2 is 1.75 bits per heavy atom. The van der Waals surface area contributed by atoms with Gasteiger partial charge in [0.25, 0.3) is 0 Å². The van der Waals surface area contributed by atoms with Crippen LogP contribution in [0.25, 0.3) is 27.8 Å². The molecule has 160 valence electrons. The van der Waals surface area contributed by atoms with Crippen LogP contribution in [0.2, 0.25) is 0 Å². The predicted octanol–water partition coefficient (Wildman–Crippen LogP) is 3.18. The van der Waals surface area contributed by atoms with Crippen molar-refractivity contribution in [1.82, 2.24) is 29.1 Å². The van der Waals surface area contributed by atoms with Crippen molar-refractivity contribution in [2.24, 2.45) is 0 Å². The first-order valence-corrected chi connectivity index (χ1v) is 11.4. The lowest BCUT2D eigenvalue weighted by molar-refractivity contribution is 0.521. The van der Waals surface area contributed by atoms with E-state index in [9.17, 15) is 8.42 Å². The lowest BCUT2D eigenvalue weighted by atomic mass is 10.1. The van der Waals surface area contributed by atoms with E-state index in [-0.39, 0.29) is 4.90 Å². The molecule has 3 heterocycles. The van der Waals surface area contributed by atoms with Crippen LogP contribution in [0.15, 0.2) is 77.8 Å². The van der Waals surface area contributed by atoms with E-state index in [1.807, 2.05) is 36.4 Å². The fourth-order valence-corrected chi connectivity index (χ4v) is 4.43. The SMILES string of the molecule is CN(C)S(=O)(=O)c1ccc(-c2ccc3nnc(Cc4ccc5ncccc5c4)n3n2)cc1. The Bertz CT molecular complexity index is 1540. The Morgan fingerprint density at radius 3 is 2.53 bits per heavy atom. The molecule has 0 N–H and O–H groups in total. The lowest BCUT2D eigenvalue weighted by Gasteiger charge is -2.11. The highest BCUT2D eigenvalue weighted by molar-refractivity contribution is 7.89. The number of aromatic nitrogens is 5. The number of pyridine rings is 1. The van der Waals surface area contributed by atoms with Gasteiger partial charge < -0.3 is 0 Å². The minimum absolute atomic E-state index is 0.239. The molecule has 5 rings (SSSR count). The molecule has 2 aromatic carbocycles. The summed E-state index contributed by atoms with van der Waals surface area (Å²) in [7, 11) is -0.451. The van der Waals surface area contributed by atoms with Gasteiger partial charge in [0.15, 0.2) is 11.5 Å². The fourth-order valence-electron chi connectivity index (χ4n) is 3.52. The summed E-state index contributed by atoms with van der Waals surface area (Å²) in [5, 5.41) is 14.3. The Balaban J connectivity index is 1.48. The highest BCUT2D eigenvalue weighted by atomic mass is 32.2. The van der Waals surface area contributed by atoms with Gasteiger partial charge in [0.05, 0.1) is 16.1 Å². The zero-order chi connectivity index (χ0) is 22.3.